The fourth-order valence-electron chi connectivity index (χ4n) is 4.45. The number of hydrogen-bond donors (Lipinski definition) is 1. The number of nitrogens with zero attached hydrogens (tertiary/aromatic N) is 2. The summed E-state index contributed by atoms with van der Waals surface area (Å²) in [4.78, 5) is 42.5. The molecule has 30 heavy (non-hydrogen) atoms. The monoisotopic (exact) mass is 413 g/mol. The summed E-state index contributed by atoms with van der Waals surface area (Å²) in [6, 6.07) is 6.70. The van der Waals surface area contributed by atoms with Crippen molar-refractivity contribution in [3.8, 4) is 0 Å². The van der Waals surface area contributed by atoms with Gasteiger partial charge < -0.3 is 15.0 Å². The summed E-state index contributed by atoms with van der Waals surface area (Å²) >= 11 is 0. The lowest BCUT2D eigenvalue weighted by molar-refractivity contribution is -0.144. The molecule has 2 aliphatic heterocycles. The van der Waals surface area contributed by atoms with Crippen molar-refractivity contribution in [2.45, 2.75) is 64.3 Å². The largest absolute Gasteiger partial charge is 0.353 e. The quantitative estimate of drug-likeness (QED) is 0.820. The van der Waals surface area contributed by atoms with E-state index in [1.807, 2.05) is 37.8 Å². The van der Waals surface area contributed by atoms with Crippen molar-refractivity contribution >= 4 is 17.7 Å². The van der Waals surface area contributed by atoms with Gasteiger partial charge in [-0.3, -0.25) is 19.3 Å². The fourth-order valence-corrected chi connectivity index (χ4v) is 4.45. The Labute approximate surface area is 177 Å². The summed E-state index contributed by atoms with van der Waals surface area (Å²) in [6.07, 6.45) is 3.00. The van der Waals surface area contributed by atoms with Gasteiger partial charge in [0.15, 0.2) is 0 Å². The number of rotatable bonds is 4. The van der Waals surface area contributed by atoms with E-state index in [1.165, 1.54) is 0 Å². The molecule has 1 saturated carbocycles. The van der Waals surface area contributed by atoms with E-state index >= 15 is 0 Å². The highest BCUT2D eigenvalue weighted by atomic mass is 16.5. The molecule has 3 fully saturated rings. The number of aryl methyl sites for hydroxylation is 1. The molecule has 0 unspecified atom stereocenters. The second kappa shape index (κ2) is 8.02. The lowest BCUT2D eigenvalue weighted by Crippen LogP contribution is -2.60. The first-order valence-electron chi connectivity index (χ1n) is 10.9. The van der Waals surface area contributed by atoms with E-state index in [1.54, 1.807) is 17.0 Å². The molecule has 3 amide bonds. The van der Waals surface area contributed by atoms with E-state index in [-0.39, 0.29) is 36.3 Å². The molecule has 0 bridgehead atoms. The van der Waals surface area contributed by atoms with Crippen LogP contribution in [0.15, 0.2) is 24.3 Å². The van der Waals surface area contributed by atoms with Gasteiger partial charge in [0.25, 0.3) is 5.91 Å². The predicted molar refractivity (Wildman–Crippen MR) is 112 cm³/mol. The van der Waals surface area contributed by atoms with Gasteiger partial charge in [-0.25, -0.2) is 0 Å². The van der Waals surface area contributed by atoms with E-state index in [0.717, 1.165) is 18.4 Å². The molecule has 2 heterocycles. The summed E-state index contributed by atoms with van der Waals surface area (Å²) in [5.41, 5.74) is 0.769. The summed E-state index contributed by atoms with van der Waals surface area (Å²) < 4.78 is 6.19. The molecule has 1 aromatic carbocycles. The first kappa shape index (κ1) is 20.8. The van der Waals surface area contributed by atoms with Crippen molar-refractivity contribution < 1.29 is 19.1 Å². The molecule has 0 aromatic heterocycles. The van der Waals surface area contributed by atoms with Gasteiger partial charge in [0.2, 0.25) is 11.8 Å². The zero-order chi connectivity index (χ0) is 21.5. The molecule has 7 heteroatoms. The maximum atomic E-state index is 13.6. The molecule has 3 aliphatic rings. The number of nitrogens with one attached hydrogen (secondary N) is 1. The van der Waals surface area contributed by atoms with Gasteiger partial charge in [-0.2, -0.15) is 0 Å². The Hall–Kier alpha value is -2.41. The first-order valence-corrected chi connectivity index (χ1v) is 10.9. The number of carbonyl (C=O) groups excluding carboxylic acids is 3. The van der Waals surface area contributed by atoms with Crippen LogP contribution in [-0.2, 0) is 14.3 Å². The number of amides is 3. The zero-order valence-electron chi connectivity index (χ0n) is 18.0. The molecule has 1 N–H and O–H groups in total. The molecule has 1 aliphatic carbocycles. The van der Waals surface area contributed by atoms with Gasteiger partial charge in [0.1, 0.15) is 11.8 Å². The Balaban J connectivity index is 1.58. The standard InChI is InChI=1S/C23H31N3O4/c1-15(2)24-20(27)19-14-30-23(10-12-25(13-11-23)21(28)17-8-9-17)26(19)22(29)18-6-4-16(3)5-7-18/h4-7,15,17,19H,8-14H2,1-3H3,(H,24,27)/t19-/m1/s1. The third kappa shape index (κ3) is 3.95. The summed E-state index contributed by atoms with van der Waals surface area (Å²) in [7, 11) is 0. The normalized spacial score (nSPS) is 23.1. The predicted octanol–water partition coefficient (Wildman–Crippen LogP) is 2.09. The topological polar surface area (TPSA) is 79.0 Å². The number of piperidine rings is 1. The molecule has 4 rings (SSSR count). The van der Waals surface area contributed by atoms with Crippen LogP contribution in [0.25, 0.3) is 0 Å². The molecule has 1 aromatic rings. The van der Waals surface area contributed by atoms with Gasteiger partial charge in [0, 0.05) is 43.5 Å². The number of ether oxygens (including phenoxy) is 1. The SMILES string of the molecule is Cc1ccc(C(=O)N2[C@@H](C(=O)NC(C)C)COC23CCN(C(=O)C2CC2)CC3)cc1. The average Bonchev–Trinajstić information content (AvgIpc) is 3.50. The van der Waals surface area contributed by atoms with Gasteiger partial charge >= 0.3 is 0 Å². The number of likely N-dealkylation sites (tertiary alicyclic amines) is 1. The summed E-state index contributed by atoms with van der Waals surface area (Å²) in [5.74, 6) is 0.00367. The van der Waals surface area contributed by atoms with Crippen LogP contribution in [-0.4, -0.2) is 65.0 Å². The van der Waals surface area contributed by atoms with Crippen molar-refractivity contribution in [1.82, 2.24) is 15.1 Å². The number of carbonyl (C=O) groups is 3. The highest BCUT2D eigenvalue weighted by Crippen LogP contribution is 2.40. The van der Waals surface area contributed by atoms with Crippen molar-refractivity contribution in [3.05, 3.63) is 35.4 Å². The van der Waals surface area contributed by atoms with Crippen molar-refractivity contribution in [3.63, 3.8) is 0 Å². The van der Waals surface area contributed by atoms with E-state index in [0.29, 0.717) is 31.5 Å². The van der Waals surface area contributed by atoms with Crippen LogP contribution in [0.3, 0.4) is 0 Å². The maximum Gasteiger partial charge on any atom is 0.256 e. The smallest absolute Gasteiger partial charge is 0.256 e. The molecule has 162 valence electrons. The molecule has 7 nitrogen and oxygen atoms in total. The summed E-state index contributed by atoms with van der Waals surface area (Å²) in [6.45, 7) is 7.04. The second-order valence-corrected chi connectivity index (χ2v) is 9.08. The van der Waals surface area contributed by atoms with Gasteiger partial charge in [-0.15, -0.1) is 0 Å². The first-order chi connectivity index (χ1) is 14.3. The Kier molecular flexibility index (Phi) is 5.57. The van der Waals surface area contributed by atoms with E-state index < -0.39 is 11.8 Å². The molecular weight excluding hydrogens is 382 g/mol. The van der Waals surface area contributed by atoms with Crippen LogP contribution in [0, 0.1) is 12.8 Å². The average molecular weight is 414 g/mol. The number of benzene rings is 1. The third-order valence-corrected chi connectivity index (χ3v) is 6.29. The van der Waals surface area contributed by atoms with Gasteiger partial charge in [-0.05, 0) is 45.7 Å². The molecule has 1 spiro atoms. The highest BCUT2D eigenvalue weighted by molar-refractivity contribution is 5.98. The van der Waals surface area contributed by atoms with Crippen molar-refractivity contribution in [2.75, 3.05) is 19.7 Å². The minimum absolute atomic E-state index is 0.0246. The molecule has 2 saturated heterocycles. The lowest BCUT2D eigenvalue weighted by Gasteiger charge is -2.44. The Morgan fingerprint density at radius 3 is 2.30 bits per heavy atom. The van der Waals surface area contributed by atoms with Crippen LogP contribution in [0.5, 0.6) is 0 Å². The Morgan fingerprint density at radius 1 is 1.10 bits per heavy atom. The second-order valence-electron chi connectivity index (χ2n) is 9.08. The van der Waals surface area contributed by atoms with E-state index in [4.69, 9.17) is 4.74 Å². The Morgan fingerprint density at radius 2 is 1.73 bits per heavy atom. The lowest BCUT2D eigenvalue weighted by atomic mass is 9.96. The fraction of sp³-hybridized carbons (Fsp3) is 0.609. The summed E-state index contributed by atoms with van der Waals surface area (Å²) in [5, 5.41) is 2.92. The van der Waals surface area contributed by atoms with Crippen LogP contribution >= 0.6 is 0 Å². The zero-order valence-corrected chi connectivity index (χ0v) is 18.0. The minimum Gasteiger partial charge on any atom is -0.353 e. The maximum absolute atomic E-state index is 13.6. The van der Waals surface area contributed by atoms with Crippen LogP contribution in [0.2, 0.25) is 0 Å². The molecule has 1 atom stereocenters. The van der Waals surface area contributed by atoms with Gasteiger partial charge in [-0.1, -0.05) is 17.7 Å². The molecule has 0 radical (unpaired) electrons. The van der Waals surface area contributed by atoms with Crippen molar-refractivity contribution in [1.29, 1.82) is 0 Å². The van der Waals surface area contributed by atoms with Crippen LogP contribution < -0.4 is 5.32 Å². The van der Waals surface area contributed by atoms with Gasteiger partial charge in [0.05, 0.1) is 6.61 Å². The van der Waals surface area contributed by atoms with E-state index in [2.05, 4.69) is 5.32 Å². The van der Waals surface area contributed by atoms with E-state index in [9.17, 15) is 14.4 Å². The Bertz CT molecular complexity index is 823. The minimum atomic E-state index is -0.846. The van der Waals surface area contributed by atoms with Crippen molar-refractivity contribution in [2.24, 2.45) is 5.92 Å². The number of hydrogen-bond acceptors (Lipinski definition) is 4. The third-order valence-electron chi connectivity index (χ3n) is 6.29. The van der Waals surface area contributed by atoms with Crippen LogP contribution in [0.1, 0.15) is 55.5 Å². The van der Waals surface area contributed by atoms with Crippen LogP contribution in [0.4, 0.5) is 0 Å². The molecular formula is C23H31N3O4. The highest BCUT2D eigenvalue weighted by Gasteiger charge is 2.54.